The number of nitrogens with zero attached hydrogens (tertiary/aromatic N) is 1. The Balaban J connectivity index is 1.20. The number of rotatable bonds is 11. The fourth-order valence-electron chi connectivity index (χ4n) is 3.61. The molecule has 216 valence electrons. The average Bonchev–Trinajstić information content (AvgIpc) is 3.43. The number of halogens is 4. The highest BCUT2D eigenvalue weighted by Crippen LogP contribution is 2.32. The van der Waals surface area contributed by atoms with E-state index >= 15 is 0 Å². The lowest BCUT2D eigenvalue weighted by Crippen LogP contribution is -2.41. The number of sulfonamides is 1. The molecule has 9 nitrogen and oxygen atoms in total. The van der Waals surface area contributed by atoms with Crippen LogP contribution in [0.3, 0.4) is 0 Å². The third-order valence-electron chi connectivity index (χ3n) is 5.70. The van der Waals surface area contributed by atoms with E-state index in [4.69, 9.17) is 11.6 Å². The van der Waals surface area contributed by atoms with Gasteiger partial charge in [-0.1, -0.05) is 41.9 Å². The molecule has 2 aromatic heterocycles. The number of pyridine rings is 1. The van der Waals surface area contributed by atoms with Crippen molar-refractivity contribution < 1.29 is 31.2 Å². The number of hydrazine groups is 1. The molecule has 4 aromatic rings. The van der Waals surface area contributed by atoms with Crippen LogP contribution in [0.25, 0.3) is 10.8 Å². The first-order valence-electron chi connectivity index (χ1n) is 12.1. The molecule has 0 atom stereocenters. The van der Waals surface area contributed by atoms with E-state index in [9.17, 15) is 31.2 Å². The van der Waals surface area contributed by atoms with Crippen LogP contribution < -0.4 is 20.9 Å². The molecule has 41 heavy (non-hydrogen) atoms. The minimum atomic E-state index is -4.57. The van der Waals surface area contributed by atoms with Crippen LogP contribution >= 0.6 is 22.9 Å². The number of nitrogens with one attached hydrogen (secondary N) is 4. The van der Waals surface area contributed by atoms with Crippen LogP contribution in [0, 0.1) is 0 Å². The van der Waals surface area contributed by atoms with Gasteiger partial charge in [0.2, 0.25) is 5.91 Å². The third kappa shape index (κ3) is 8.16. The number of thiophene rings is 1. The summed E-state index contributed by atoms with van der Waals surface area (Å²) in [7, 11) is -4.06. The molecule has 2 amide bonds. The van der Waals surface area contributed by atoms with Crippen LogP contribution in [0.15, 0.2) is 71.1 Å². The normalized spacial score (nSPS) is 11.8. The van der Waals surface area contributed by atoms with Gasteiger partial charge in [-0.3, -0.25) is 15.0 Å². The first-order valence-corrected chi connectivity index (χ1v) is 14.7. The van der Waals surface area contributed by atoms with Crippen molar-refractivity contribution in [2.24, 2.45) is 0 Å². The SMILES string of the molecule is O=C(CCCNc1ncc(C(F)(F)F)cc1Cl)NNS(=O)(=O)c1ccc(CNC(=O)c2ccc3ccccc3c2)s1. The predicted molar refractivity (Wildman–Crippen MR) is 150 cm³/mol. The van der Waals surface area contributed by atoms with Gasteiger partial charge in [-0.25, -0.2) is 13.4 Å². The molecule has 0 spiro atoms. The summed E-state index contributed by atoms with van der Waals surface area (Å²) < 4.78 is 63.2. The minimum Gasteiger partial charge on any atom is -0.369 e. The monoisotopic (exact) mass is 625 g/mol. The highest BCUT2D eigenvalue weighted by molar-refractivity contribution is 7.91. The number of anilines is 1. The lowest BCUT2D eigenvalue weighted by molar-refractivity contribution is -0.137. The number of benzene rings is 2. The first-order chi connectivity index (χ1) is 19.4. The van der Waals surface area contributed by atoms with Crippen molar-refractivity contribution in [1.29, 1.82) is 0 Å². The van der Waals surface area contributed by atoms with Crippen molar-refractivity contribution in [3.63, 3.8) is 0 Å². The molecule has 15 heteroatoms. The van der Waals surface area contributed by atoms with Crippen LogP contribution in [0.4, 0.5) is 19.0 Å². The smallest absolute Gasteiger partial charge is 0.369 e. The van der Waals surface area contributed by atoms with E-state index in [0.717, 1.165) is 28.2 Å². The number of aromatic nitrogens is 1. The summed E-state index contributed by atoms with van der Waals surface area (Å²) in [5, 5.41) is 7.21. The van der Waals surface area contributed by atoms with Gasteiger partial charge in [0.25, 0.3) is 15.9 Å². The van der Waals surface area contributed by atoms with E-state index in [1.807, 2.05) is 35.2 Å². The molecule has 4 rings (SSSR count). The van der Waals surface area contributed by atoms with E-state index in [0.29, 0.717) is 16.6 Å². The van der Waals surface area contributed by atoms with Crippen molar-refractivity contribution >= 4 is 61.4 Å². The van der Waals surface area contributed by atoms with Crippen molar-refractivity contribution in [3.05, 3.63) is 87.9 Å². The van der Waals surface area contributed by atoms with Crippen molar-refractivity contribution in [2.75, 3.05) is 11.9 Å². The first kappa shape index (κ1) is 30.2. The van der Waals surface area contributed by atoms with Crippen LogP contribution in [-0.2, 0) is 27.5 Å². The Kier molecular flexibility index (Phi) is 9.48. The molecule has 0 aliphatic heterocycles. The number of alkyl halides is 3. The molecule has 0 aliphatic carbocycles. The van der Waals surface area contributed by atoms with Gasteiger partial charge in [-0.2, -0.15) is 13.2 Å². The summed E-state index contributed by atoms with van der Waals surface area (Å²) in [6, 6.07) is 16.6. The van der Waals surface area contributed by atoms with E-state index in [2.05, 4.69) is 21.0 Å². The summed E-state index contributed by atoms with van der Waals surface area (Å²) in [4.78, 5) is 30.9. The molecule has 2 aromatic carbocycles. The molecule has 0 bridgehead atoms. The molecular formula is C26H23ClF3N5O4S2. The van der Waals surface area contributed by atoms with Gasteiger partial charge in [0.1, 0.15) is 10.0 Å². The average molecular weight is 626 g/mol. The lowest BCUT2D eigenvalue weighted by atomic mass is 10.1. The van der Waals surface area contributed by atoms with Gasteiger partial charge in [-0.05, 0) is 47.5 Å². The Morgan fingerprint density at radius 1 is 1.00 bits per heavy atom. The summed E-state index contributed by atoms with van der Waals surface area (Å²) in [5.74, 6) is -0.895. The molecule has 0 fully saturated rings. The minimum absolute atomic E-state index is 0.0303. The molecule has 2 heterocycles. The maximum Gasteiger partial charge on any atom is 0.417 e. The number of fused-ring (bicyclic) bond motifs is 1. The van der Waals surface area contributed by atoms with E-state index in [-0.39, 0.29) is 46.9 Å². The second-order valence-corrected chi connectivity index (χ2v) is 12.2. The van der Waals surface area contributed by atoms with Crippen LogP contribution in [0.2, 0.25) is 5.02 Å². The Morgan fingerprint density at radius 3 is 2.49 bits per heavy atom. The second kappa shape index (κ2) is 12.9. The topological polar surface area (TPSA) is 129 Å². The predicted octanol–water partition coefficient (Wildman–Crippen LogP) is 5.10. The molecule has 0 saturated carbocycles. The van der Waals surface area contributed by atoms with Crippen LogP contribution in [0.1, 0.15) is 33.6 Å². The summed E-state index contributed by atoms with van der Waals surface area (Å²) in [6.45, 7) is 0.264. The van der Waals surface area contributed by atoms with Crippen LogP contribution in [0.5, 0.6) is 0 Å². The van der Waals surface area contributed by atoms with Gasteiger partial charge in [-0.15, -0.1) is 16.2 Å². The number of carbonyl (C=O) groups excluding carboxylic acids is 2. The standard InChI is InChI=1S/C26H23ClF3N5O4S2/c27-21-13-19(26(28,29)30)14-32-24(21)31-11-3-6-22(36)34-35-41(38,39)23-10-9-20(40-23)15-33-25(37)18-8-7-16-4-1-2-5-17(16)12-18/h1-2,4-5,7-10,12-14,35H,3,6,11,15H2,(H,31,32)(H,33,37)(H,34,36). The van der Waals surface area contributed by atoms with Gasteiger partial charge in [0.15, 0.2) is 0 Å². The Morgan fingerprint density at radius 2 is 1.76 bits per heavy atom. The van der Waals surface area contributed by atoms with E-state index < -0.39 is 27.7 Å². The number of hydrogen-bond acceptors (Lipinski definition) is 7. The number of amides is 2. The Labute approximate surface area is 242 Å². The highest BCUT2D eigenvalue weighted by atomic mass is 35.5. The van der Waals surface area contributed by atoms with Crippen molar-refractivity contribution in [1.82, 2.24) is 20.6 Å². The summed E-state index contributed by atoms with van der Waals surface area (Å²) >= 11 is 6.76. The van der Waals surface area contributed by atoms with Gasteiger partial charge >= 0.3 is 6.18 Å². The zero-order chi connectivity index (χ0) is 29.6. The molecule has 0 unspecified atom stereocenters. The van der Waals surface area contributed by atoms with Crippen LogP contribution in [-0.4, -0.2) is 31.8 Å². The third-order valence-corrected chi connectivity index (χ3v) is 8.82. The largest absolute Gasteiger partial charge is 0.417 e. The molecular weight excluding hydrogens is 603 g/mol. The van der Waals surface area contributed by atoms with Gasteiger partial charge in [0, 0.05) is 29.6 Å². The zero-order valence-electron chi connectivity index (χ0n) is 21.1. The van der Waals surface area contributed by atoms with E-state index in [1.165, 1.54) is 6.07 Å². The summed E-state index contributed by atoms with van der Waals surface area (Å²) in [6.07, 6.45) is -3.80. The van der Waals surface area contributed by atoms with Gasteiger partial charge < -0.3 is 10.6 Å². The quantitative estimate of drug-likeness (QED) is 0.136. The van der Waals surface area contributed by atoms with Crippen molar-refractivity contribution in [3.8, 4) is 0 Å². The zero-order valence-corrected chi connectivity index (χ0v) is 23.5. The maximum atomic E-state index is 12.7. The fourth-order valence-corrected chi connectivity index (χ4v) is 6.00. The molecule has 0 radical (unpaired) electrons. The molecule has 0 saturated heterocycles. The van der Waals surface area contributed by atoms with Gasteiger partial charge in [0.05, 0.1) is 17.1 Å². The second-order valence-electron chi connectivity index (χ2n) is 8.70. The van der Waals surface area contributed by atoms with E-state index in [1.54, 1.807) is 18.2 Å². The highest BCUT2D eigenvalue weighted by Gasteiger charge is 2.31. The number of carbonyl (C=O) groups is 2. The lowest BCUT2D eigenvalue weighted by Gasteiger charge is -2.11. The fraction of sp³-hybridized carbons (Fsp3) is 0.192. The summed E-state index contributed by atoms with van der Waals surface area (Å²) in [5.41, 5.74) is 1.61. The Bertz CT molecular complexity index is 1680. The maximum absolute atomic E-state index is 12.7. The molecule has 0 aliphatic rings. The number of hydrogen-bond donors (Lipinski definition) is 4. The Hall–Kier alpha value is -3.72. The van der Waals surface area contributed by atoms with Crippen molar-refractivity contribution in [2.45, 2.75) is 29.8 Å². The molecule has 4 N–H and O–H groups in total.